The van der Waals surface area contributed by atoms with Gasteiger partial charge in [0.05, 0.1) is 0 Å². The number of halogens is 1. The predicted octanol–water partition coefficient (Wildman–Crippen LogP) is 3.84. The largest absolute Gasteiger partial charge is 0.444 e. The van der Waals surface area contributed by atoms with Gasteiger partial charge in [-0.1, -0.05) is 41.9 Å². The minimum Gasteiger partial charge on any atom is -0.444 e. The van der Waals surface area contributed by atoms with Gasteiger partial charge in [0.15, 0.2) is 0 Å². The molecule has 1 fully saturated rings. The first-order valence-corrected chi connectivity index (χ1v) is 12.0. The topological polar surface area (TPSA) is 114 Å². The molecule has 1 aliphatic heterocycles. The van der Waals surface area contributed by atoms with Crippen molar-refractivity contribution in [1.29, 1.82) is 0 Å². The molecule has 0 spiro atoms. The summed E-state index contributed by atoms with van der Waals surface area (Å²) in [4.78, 5) is 40.2. The molecule has 0 radical (unpaired) electrons. The van der Waals surface area contributed by atoms with Crippen LogP contribution in [0.3, 0.4) is 0 Å². The Morgan fingerprint density at radius 1 is 1.17 bits per heavy atom. The fraction of sp³-hybridized carbons (Fsp3) is 0.423. The zero-order valence-corrected chi connectivity index (χ0v) is 21.3. The lowest BCUT2D eigenvalue weighted by molar-refractivity contribution is -0.131. The number of nitrogens with two attached hydrogens (primary N) is 1. The molecule has 35 heavy (non-hydrogen) atoms. The first-order chi connectivity index (χ1) is 16.4. The minimum atomic E-state index is -0.820. The van der Waals surface area contributed by atoms with Crippen LogP contribution in [0.2, 0.25) is 5.02 Å². The molecule has 3 amide bonds. The number of likely N-dealkylation sites (tertiary alicyclic amines) is 1. The van der Waals surface area contributed by atoms with Crippen molar-refractivity contribution in [3.05, 3.63) is 64.7 Å². The molecule has 0 unspecified atom stereocenters. The maximum absolute atomic E-state index is 13.2. The summed E-state index contributed by atoms with van der Waals surface area (Å²) in [6.45, 7) is 7.47. The molecule has 1 saturated heterocycles. The smallest absolute Gasteiger partial charge is 0.410 e. The van der Waals surface area contributed by atoms with E-state index >= 15 is 0 Å². The number of rotatable bonds is 6. The van der Waals surface area contributed by atoms with Crippen LogP contribution < -0.4 is 16.4 Å². The SMILES string of the molecule is C[C@H](NC(=O)[C@H]1C[C@H](c2ccccc2)CN1C(=O)OC(C)(C)C)C(=O)NCc1cc(Cl)ccc1N. The number of hydrogen-bond donors (Lipinski definition) is 3. The molecule has 2 aromatic rings. The summed E-state index contributed by atoms with van der Waals surface area (Å²) in [7, 11) is 0. The third kappa shape index (κ3) is 7.11. The molecule has 0 bridgehead atoms. The van der Waals surface area contributed by atoms with Gasteiger partial charge < -0.3 is 21.1 Å². The van der Waals surface area contributed by atoms with Crippen LogP contribution in [-0.2, 0) is 20.9 Å². The molecule has 8 nitrogen and oxygen atoms in total. The Balaban J connectivity index is 1.67. The Hall–Kier alpha value is -3.26. The van der Waals surface area contributed by atoms with Gasteiger partial charge in [-0.25, -0.2) is 4.79 Å². The first kappa shape index (κ1) is 26.3. The first-order valence-electron chi connectivity index (χ1n) is 11.6. The van der Waals surface area contributed by atoms with Crippen molar-refractivity contribution >= 4 is 35.2 Å². The van der Waals surface area contributed by atoms with E-state index in [-0.39, 0.29) is 18.4 Å². The lowest BCUT2D eigenvalue weighted by atomic mass is 9.96. The monoisotopic (exact) mass is 500 g/mol. The summed E-state index contributed by atoms with van der Waals surface area (Å²) in [6, 6.07) is 13.2. The van der Waals surface area contributed by atoms with E-state index in [9.17, 15) is 14.4 Å². The van der Waals surface area contributed by atoms with Crippen molar-refractivity contribution in [2.75, 3.05) is 12.3 Å². The third-order valence-electron chi connectivity index (χ3n) is 5.81. The fourth-order valence-corrected chi connectivity index (χ4v) is 4.21. The molecular weight excluding hydrogens is 468 g/mol. The summed E-state index contributed by atoms with van der Waals surface area (Å²) < 4.78 is 5.55. The van der Waals surface area contributed by atoms with E-state index in [2.05, 4.69) is 10.6 Å². The predicted molar refractivity (Wildman–Crippen MR) is 136 cm³/mol. The van der Waals surface area contributed by atoms with E-state index < -0.39 is 29.7 Å². The number of amides is 3. The average molecular weight is 501 g/mol. The molecular formula is C26H33ClN4O4. The molecule has 1 aliphatic rings. The van der Waals surface area contributed by atoms with E-state index in [1.54, 1.807) is 45.9 Å². The number of anilines is 1. The Morgan fingerprint density at radius 2 is 1.86 bits per heavy atom. The van der Waals surface area contributed by atoms with Crippen molar-refractivity contribution in [3.8, 4) is 0 Å². The van der Waals surface area contributed by atoms with Crippen LogP contribution in [0.15, 0.2) is 48.5 Å². The van der Waals surface area contributed by atoms with Crippen molar-refractivity contribution in [3.63, 3.8) is 0 Å². The Labute approximate surface area is 211 Å². The van der Waals surface area contributed by atoms with Crippen LogP contribution in [0.4, 0.5) is 10.5 Å². The molecule has 0 aliphatic carbocycles. The van der Waals surface area contributed by atoms with E-state index in [4.69, 9.17) is 22.1 Å². The van der Waals surface area contributed by atoms with Gasteiger partial charge in [-0.15, -0.1) is 0 Å². The van der Waals surface area contributed by atoms with Gasteiger partial charge >= 0.3 is 6.09 Å². The number of nitrogens with zero attached hydrogens (tertiary/aromatic N) is 1. The van der Waals surface area contributed by atoms with Crippen LogP contribution in [-0.4, -0.2) is 47.0 Å². The molecule has 3 rings (SSSR count). The summed E-state index contributed by atoms with van der Waals surface area (Å²) in [5.41, 5.74) is 7.47. The zero-order chi connectivity index (χ0) is 25.8. The highest BCUT2D eigenvalue weighted by molar-refractivity contribution is 6.30. The van der Waals surface area contributed by atoms with Crippen molar-refractivity contribution < 1.29 is 19.1 Å². The van der Waals surface area contributed by atoms with Gasteiger partial charge in [0.1, 0.15) is 17.7 Å². The number of hydrogen-bond acceptors (Lipinski definition) is 5. The van der Waals surface area contributed by atoms with Gasteiger partial charge in [0.2, 0.25) is 11.8 Å². The van der Waals surface area contributed by atoms with Gasteiger partial charge in [0, 0.05) is 29.7 Å². The van der Waals surface area contributed by atoms with E-state index in [0.29, 0.717) is 29.2 Å². The van der Waals surface area contributed by atoms with E-state index in [0.717, 1.165) is 5.56 Å². The summed E-state index contributed by atoms with van der Waals surface area (Å²) in [6.07, 6.45) is -0.118. The number of benzene rings is 2. The van der Waals surface area contributed by atoms with Crippen LogP contribution in [0.5, 0.6) is 0 Å². The molecule has 9 heteroatoms. The molecule has 2 aromatic carbocycles. The van der Waals surface area contributed by atoms with Gasteiger partial charge in [0.25, 0.3) is 0 Å². The van der Waals surface area contributed by atoms with Crippen molar-refractivity contribution in [2.45, 2.75) is 64.3 Å². The zero-order valence-electron chi connectivity index (χ0n) is 20.5. The molecule has 1 heterocycles. The van der Waals surface area contributed by atoms with Crippen molar-refractivity contribution in [1.82, 2.24) is 15.5 Å². The van der Waals surface area contributed by atoms with Crippen LogP contribution in [0.1, 0.15) is 51.2 Å². The Morgan fingerprint density at radius 3 is 2.51 bits per heavy atom. The number of nitrogens with one attached hydrogen (secondary N) is 2. The average Bonchev–Trinajstić information content (AvgIpc) is 3.25. The second-order valence-corrected chi connectivity index (χ2v) is 10.2. The lowest BCUT2D eigenvalue weighted by Crippen LogP contribution is -2.52. The Bertz CT molecular complexity index is 1070. The molecule has 3 atom stereocenters. The second-order valence-electron chi connectivity index (χ2n) is 9.78. The fourth-order valence-electron chi connectivity index (χ4n) is 4.01. The summed E-state index contributed by atoms with van der Waals surface area (Å²) >= 11 is 6.00. The van der Waals surface area contributed by atoms with Gasteiger partial charge in [-0.05, 0) is 63.4 Å². The van der Waals surface area contributed by atoms with Gasteiger partial charge in [-0.3, -0.25) is 14.5 Å². The second kappa shape index (κ2) is 11.0. The normalized spacial score (nSPS) is 18.6. The van der Waals surface area contributed by atoms with Crippen LogP contribution in [0, 0.1) is 0 Å². The maximum atomic E-state index is 13.2. The molecule has 4 N–H and O–H groups in total. The lowest BCUT2D eigenvalue weighted by Gasteiger charge is -2.28. The highest BCUT2D eigenvalue weighted by Gasteiger charge is 2.42. The molecule has 0 saturated carbocycles. The number of nitrogen functional groups attached to an aromatic ring is 1. The van der Waals surface area contributed by atoms with E-state index in [1.165, 1.54) is 4.90 Å². The molecule has 188 valence electrons. The summed E-state index contributed by atoms with van der Waals surface area (Å²) in [5.74, 6) is -0.798. The van der Waals surface area contributed by atoms with E-state index in [1.807, 2.05) is 30.3 Å². The van der Waals surface area contributed by atoms with Crippen LogP contribution in [0.25, 0.3) is 0 Å². The maximum Gasteiger partial charge on any atom is 0.410 e. The third-order valence-corrected chi connectivity index (χ3v) is 6.05. The van der Waals surface area contributed by atoms with Gasteiger partial charge in [-0.2, -0.15) is 0 Å². The number of carbonyl (C=O) groups is 3. The highest BCUT2D eigenvalue weighted by atomic mass is 35.5. The van der Waals surface area contributed by atoms with Crippen molar-refractivity contribution in [2.24, 2.45) is 0 Å². The minimum absolute atomic E-state index is 0.0191. The number of ether oxygens (including phenoxy) is 1. The summed E-state index contributed by atoms with van der Waals surface area (Å²) in [5, 5.41) is 6.03. The highest BCUT2D eigenvalue weighted by Crippen LogP contribution is 2.33. The van der Waals surface area contributed by atoms with Crippen LogP contribution >= 0.6 is 11.6 Å². The quantitative estimate of drug-likeness (QED) is 0.521. The Kier molecular flexibility index (Phi) is 8.27. The molecule has 0 aromatic heterocycles. The standard InChI is InChI=1S/C26H33ClN4O4/c1-16(23(32)29-14-18-12-20(27)10-11-21(18)28)30-24(33)22-13-19(17-8-6-5-7-9-17)15-31(22)25(34)35-26(2,3)4/h5-12,16,19,22H,13-15,28H2,1-4H3,(H,29,32)(H,30,33)/t16-,19-,22+/m0/s1. The number of carbonyl (C=O) groups excluding carboxylic acids is 3.